The maximum absolute atomic E-state index is 13.2. The largest absolute Gasteiger partial charge is 0.350 e. The number of amides is 4. The highest BCUT2D eigenvalue weighted by molar-refractivity contribution is 7.09. The summed E-state index contributed by atoms with van der Waals surface area (Å²) >= 11 is 1.51. The summed E-state index contributed by atoms with van der Waals surface area (Å²) < 4.78 is 13.2. The van der Waals surface area contributed by atoms with Gasteiger partial charge in [-0.2, -0.15) is 0 Å². The van der Waals surface area contributed by atoms with Crippen LogP contribution in [-0.4, -0.2) is 29.3 Å². The van der Waals surface area contributed by atoms with Gasteiger partial charge in [-0.1, -0.05) is 25.1 Å². The molecule has 1 aliphatic heterocycles. The van der Waals surface area contributed by atoms with Crippen molar-refractivity contribution in [1.29, 1.82) is 0 Å². The van der Waals surface area contributed by atoms with E-state index in [0.29, 0.717) is 12.1 Å². The Morgan fingerprint density at radius 2 is 2.00 bits per heavy atom. The normalized spacial score (nSPS) is 19.5. The number of rotatable bonds is 6. The second kappa shape index (κ2) is 7.25. The van der Waals surface area contributed by atoms with Gasteiger partial charge in [0.05, 0.1) is 6.54 Å². The van der Waals surface area contributed by atoms with E-state index in [-0.39, 0.29) is 13.0 Å². The predicted molar refractivity (Wildman–Crippen MR) is 94.8 cm³/mol. The SMILES string of the molecule is CC[C@@]1(c2ccc(F)cc2)NC(=O)N(CC(=O)NCc2cccs2)C1=O. The van der Waals surface area contributed by atoms with Crippen molar-refractivity contribution < 1.29 is 18.8 Å². The summed E-state index contributed by atoms with van der Waals surface area (Å²) in [5.74, 6) is -1.36. The van der Waals surface area contributed by atoms with Gasteiger partial charge >= 0.3 is 6.03 Å². The molecule has 4 amide bonds. The third kappa shape index (κ3) is 3.32. The highest BCUT2D eigenvalue weighted by Crippen LogP contribution is 2.32. The Bertz CT molecular complexity index is 823. The van der Waals surface area contributed by atoms with Crippen molar-refractivity contribution in [1.82, 2.24) is 15.5 Å². The molecule has 1 atom stereocenters. The number of nitrogens with zero attached hydrogens (tertiary/aromatic N) is 1. The number of nitrogens with one attached hydrogen (secondary N) is 2. The highest BCUT2D eigenvalue weighted by Gasteiger charge is 2.51. The molecule has 0 unspecified atom stereocenters. The fourth-order valence-electron chi connectivity index (χ4n) is 2.94. The molecule has 1 fully saturated rings. The van der Waals surface area contributed by atoms with Crippen LogP contribution < -0.4 is 10.6 Å². The van der Waals surface area contributed by atoms with Gasteiger partial charge in [0.15, 0.2) is 0 Å². The topological polar surface area (TPSA) is 78.5 Å². The second-order valence-corrected chi connectivity index (χ2v) is 6.98. The Kier molecular flexibility index (Phi) is 5.03. The molecule has 8 heteroatoms. The van der Waals surface area contributed by atoms with E-state index in [1.807, 2.05) is 17.5 Å². The molecule has 0 spiro atoms. The maximum atomic E-state index is 13.2. The molecule has 3 rings (SSSR count). The Morgan fingerprint density at radius 3 is 2.62 bits per heavy atom. The number of carbonyl (C=O) groups excluding carboxylic acids is 3. The average Bonchev–Trinajstić information content (AvgIpc) is 3.23. The van der Waals surface area contributed by atoms with E-state index in [0.717, 1.165) is 9.78 Å². The summed E-state index contributed by atoms with van der Waals surface area (Å²) in [6.07, 6.45) is 0.288. The molecular weight excluding hydrogens is 357 g/mol. The van der Waals surface area contributed by atoms with Crippen molar-refractivity contribution in [3.8, 4) is 0 Å². The summed E-state index contributed by atoms with van der Waals surface area (Å²) in [6, 6.07) is 8.55. The molecule has 0 aliphatic carbocycles. The monoisotopic (exact) mass is 375 g/mol. The summed E-state index contributed by atoms with van der Waals surface area (Å²) in [6.45, 7) is 1.73. The third-order valence-corrected chi connectivity index (χ3v) is 5.26. The van der Waals surface area contributed by atoms with E-state index < -0.39 is 29.2 Å². The Hall–Kier alpha value is -2.74. The first-order chi connectivity index (χ1) is 12.5. The molecule has 6 nitrogen and oxygen atoms in total. The third-order valence-electron chi connectivity index (χ3n) is 4.38. The molecule has 0 saturated carbocycles. The molecule has 0 radical (unpaired) electrons. The Labute approximate surface area is 154 Å². The van der Waals surface area contributed by atoms with Crippen LogP contribution in [0.1, 0.15) is 23.8 Å². The lowest BCUT2D eigenvalue weighted by Crippen LogP contribution is -2.44. The molecule has 0 bridgehead atoms. The number of urea groups is 1. The van der Waals surface area contributed by atoms with Gasteiger partial charge in [0.2, 0.25) is 5.91 Å². The zero-order valence-electron chi connectivity index (χ0n) is 14.1. The quantitative estimate of drug-likeness (QED) is 0.761. The van der Waals surface area contributed by atoms with E-state index in [4.69, 9.17) is 0 Å². The van der Waals surface area contributed by atoms with Gasteiger partial charge in [-0.3, -0.25) is 14.5 Å². The first-order valence-electron chi connectivity index (χ1n) is 8.15. The summed E-state index contributed by atoms with van der Waals surface area (Å²) in [5.41, 5.74) is -0.792. The summed E-state index contributed by atoms with van der Waals surface area (Å²) in [4.78, 5) is 39.2. The minimum atomic E-state index is -1.28. The molecule has 1 aromatic heterocycles. The van der Waals surface area contributed by atoms with Gasteiger partial charge in [-0.05, 0) is 35.6 Å². The zero-order chi connectivity index (χ0) is 18.7. The second-order valence-electron chi connectivity index (χ2n) is 5.94. The smallest absolute Gasteiger partial charge is 0.325 e. The van der Waals surface area contributed by atoms with Gasteiger partial charge in [-0.25, -0.2) is 9.18 Å². The Morgan fingerprint density at radius 1 is 1.27 bits per heavy atom. The molecule has 26 heavy (non-hydrogen) atoms. The van der Waals surface area contributed by atoms with Crippen molar-refractivity contribution in [2.75, 3.05) is 6.54 Å². The van der Waals surface area contributed by atoms with Crippen LogP contribution in [0.2, 0.25) is 0 Å². The Balaban J connectivity index is 1.73. The minimum absolute atomic E-state index is 0.288. The van der Waals surface area contributed by atoms with E-state index in [1.165, 1.54) is 35.6 Å². The number of benzene rings is 1. The summed E-state index contributed by atoms with van der Waals surface area (Å²) in [7, 11) is 0. The molecule has 1 aromatic carbocycles. The highest BCUT2D eigenvalue weighted by atomic mass is 32.1. The first-order valence-corrected chi connectivity index (χ1v) is 9.03. The van der Waals surface area contributed by atoms with Crippen LogP contribution in [0.3, 0.4) is 0 Å². The van der Waals surface area contributed by atoms with Gasteiger partial charge in [-0.15, -0.1) is 11.3 Å². The van der Waals surface area contributed by atoms with Crippen molar-refractivity contribution >= 4 is 29.2 Å². The van der Waals surface area contributed by atoms with E-state index in [2.05, 4.69) is 10.6 Å². The van der Waals surface area contributed by atoms with Crippen molar-refractivity contribution in [2.45, 2.75) is 25.4 Å². The molecule has 136 valence electrons. The van der Waals surface area contributed by atoms with E-state index in [1.54, 1.807) is 6.92 Å². The first kappa shape index (κ1) is 18.1. The number of thiophene rings is 1. The average molecular weight is 375 g/mol. The van der Waals surface area contributed by atoms with Crippen molar-refractivity contribution in [3.63, 3.8) is 0 Å². The van der Waals surface area contributed by atoms with Gasteiger partial charge < -0.3 is 10.6 Å². The molecule has 1 saturated heterocycles. The van der Waals surface area contributed by atoms with Crippen LogP contribution in [0.5, 0.6) is 0 Å². The molecular formula is C18H18FN3O3S. The van der Waals surface area contributed by atoms with Gasteiger partial charge in [0, 0.05) is 4.88 Å². The molecule has 2 N–H and O–H groups in total. The van der Waals surface area contributed by atoms with Crippen LogP contribution in [0.25, 0.3) is 0 Å². The van der Waals surface area contributed by atoms with E-state index >= 15 is 0 Å². The minimum Gasteiger partial charge on any atom is -0.350 e. The van der Waals surface area contributed by atoms with Crippen LogP contribution >= 0.6 is 11.3 Å². The fraction of sp³-hybridized carbons (Fsp3) is 0.278. The standard InChI is InChI=1S/C18H18FN3O3S/c1-2-18(12-5-7-13(19)8-6-12)16(24)22(17(25)21-18)11-15(23)20-10-14-4-3-9-26-14/h3-9H,2,10-11H2,1H3,(H,20,23)(H,21,25)/t18-/m0/s1. The number of halogens is 1. The predicted octanol–water partition coefficient (Wildman–Crippen LogP) is 2.36. The lowest BCUT2D eigenvalue weighted by Gasteiger charge is -2.25. The van der Waals surface area contributed by atoms with Crippen LogP contribution in [0, 0.1) is 5.82 Å². The van der Waals surface area contributed by atoms with Gasteiger partial charge in [0.1, 0.15) is 17.9 Å². The van der Waals surface area contributed by atoms with Crippen molar-refractivity contribution in [2.24, 2.45) is 0 Å². The lowest BCUT2D eigenvalue weighted by molar-refractivity contribution is -0.135. The zero-order valence-corrected chi connectivity index (χ0v) is 14.9. The molecule has 2 heterocycles. The molecule has 1 aliphatic rings. The van der Waals surface area contributed by atoms with Crippen LogP contribution in [0.4, 0.5) is 9.18 Å². The molecule has 2 aromatic rings. The number of imide groups is 1. The maximum Gasteiger partial charge on any atom is 0.325 e. The van der Waals surface area contributed by atoms with Crippen LogP contribution in [0.15, 0.2) is 41.8 Å². The van der Waals surface area contributed by atoms with Crippen LogP contribution in [-0.2, 0) is 21.7 Å². The van der Waals surface area contributed by atoms with Crippen molar-refractivity contribution in [3.05, 3.63) is 58.0 Å². The number of hydrogen-bond donors (Lipinski definition) is 2. The van der Waals surface area contributed by atoms with E-state index in [9.17, 15) is 18.8 Å². The van der Waals surface area contributed by atoms with Gasteiger partial charge in [0.25, 0.3) is 5.91 Å². The lowest BCUT2D eigenvalue weighted by atomic mass is 9.87. The summed E-state index contributed by atoms with van der Waals surface area (Å²) in [5, 5.41) is 7.26. The number of hydrogen-bond acceptors (Lipinski definition) is 4. The fourth-order valence-corrected chi connectivity index (χ4v) is 3.59. The number of carbonyl (C=O) groups is 3.